The Morgan fingerprint density at radius 2 is 2.23 bits per heavy atom. The number of aromatic nitrogens is 2. The van der Waals surface area contributed by atoms with Crippen LogP contribution >= 0.6 is 15.9 Å². The molecule has 0 atom stereocenters. The number of amides is 1. The first-order chi connectivity index (χ1) is 10.5. The molecule has 0 radical (unpaired) electrons. The zero-order chi connectivity index (χ0) is 16.1. The number of nitrogens with zero attached hydrogens (tertiary/aromatic N) is 2. The number of carbonyl (C=O) groups excluding carboxylic acids is 1. The highest BCUT2D eigenvalue weighted by atomic mass is 79.9. The van der Waals surface area contributed by atoms with Gasteiger partial charge in [0.2, 0.25) is 0 Å². The number of hydrogen-bond donors (Lipinski definition) is 1. The molecule has 0 aliphatic heterocycles. The Hall–Kier alpha value is -1.40. The summed E-state index contributed by atoms with van der Waals surface area (Å²) in [6, 6.07) is 3.82. The summed E-state index contributed by atoms with van der Waals surface area (Å²) < 4.78 is 8.22. The van der Waals surface area contributed by atoms with E-state index in [2.05, 4.69) is 26.2 Å². The van der Waals surface area contributed by atoms with Gasteiger partial charge in [0.1, 0.15) is 11.3 Å². The van der Waals surface area contributed by atoms with Gasteiger partial charge in [-0.2, -0.15) is 0 Å². The van der Waals surface area contributed by atoms with E-state index in [9.17, 15) is 4.79 Å². The van der Waals surface area contributed by atoms with Crippen LogP contribution in [0.15, 0.2) is 22.8 Å². The predicted molar refractivity (Wildman–Crippen MR) is 90.3 cm³/mol. The molecule has 120 valence electrons. The van der Waals surface area contributed by atoms with Crippen LogP contribution in [-0.2, 0) is 11.2 Å². The van der Waals surface area contributed by atoms with Gasteiger partial charge < -0.3 is 10.1 Å². The van der Waals surface area contributed by atoms with Crippen molar-refractivity contribution in [3.8, 4) is 0 Å². The van der Waals surface area contributed by atoms with Gasteiger partial charge in [-0.05, 0) is 54.8 Å². The van der Waals surface area contributed by atoms with Crippen LogP contribution < -0.4 is 5.32 Å². The van der Waals surface area contributed by atoms with Crippen molar-refractivity contribution in [3.05, 3.63) is 34.2 Å². The number of rotatable bonds is 7. The van der Waals surface area contributed by atoms with Gasteiger partial charge >= 0.3 is 0 Å². The van der Waals surface area contributed by atoms with Gasteiger partial charge in [-0.25, -0.2) is 4.98 Å². The van der Waals surface area contributed by atoms with Crippen LogP contribution in [0.1, 0.15) is 43.4 Å². The summed E-state index contributed by atoms with van der Waals surface area (Å²) in [7, 11) is 0. The summed E-state index contributed by atoms with van der Waals surface area (Å²) in [6.07, 6.45) is 3.61. The molecule has 0 spiro atoms. The van der Waals surface area contributed by atoms with Crippen LogP contribution in [0.4, 0.5) is 0 Å². The lowest BCUT2D eigenvalue weighted by molar-refractivity contribution is 0.0756. The maximum atomic E-state index is 12.5. The lowest BCUT2D eigenvalue weighted by Gasteiger charge is -2.09. The predicted octanol–water partition coefficient (Wildman–Crippen LogP) is 3.20. The van der Waals surface area contributed by atoms with Gasteiger partial charge in [-0.15, -0.1) is 0 Å². The van der Waals surface area contributed by atoms with Gasteiger partial charge in [-0.3, -0.25) is 9.20 Å². The Balaban J connectivity index is 2.08. The lowest BCUT2D eigenvalue weighted by Crippen LogP contribution is -2.27. The topological polar surface area (TPSA) is 55.6 Å². The monoisotopic (exact) mass is 367 g/mol. The van der Waals surface area contributed by atoms with Crippen LogP contribution in [0, 0.1) is 0 Å². The molecule has 0 bridgehead atoms. The molecule has 0 saturated carbocycles. The van der Waals surface area contributed by atoms with Gasteiger partial charge in [0.25, 0.3) is 5.91 Å². The first-order valence-electron chi connectivity index (χ1n) is 7.59. The summed E-state index contributed by atoms with van der Waals surface area (Å²) in [5.74, 6) is -0.0907. The molecule has 0 aromatic carbocycles. The maximum absolute atomic E-state index is 12.5. The maximum Gasteiger partial charge on any atom is 0.270 e. The highest BCUT2D eigenvalue weighted by molar-refractivity contribution is 9.10. The van der Waals surface area contributed by atoms with Crippen LogP contribution in [0.3, 0.4) is 0 Å². The molecule has 22 heavy (non-hydrogen) atoms. The number of fused-ring (bicyclic) bond motifs is 1. The zero-order valence-corrected chi connectivity index (χ0v) is 14.8. The van der Waals surface area contributed by atoms with Crippen molar-refractivity contribution in [2.45, 2.75) is 39.7 Å². The zero-order valence-electron chi connectivity index (χ0n) is 13.2. The smallest absolute Gasteiger partial charge is 0.270 e. The highest BCUT2D eigenvalue weighted by Gasteiger charge is 2.17. The second-order valence-corrected chi connectivity index (χ2v) is 6.28. The Bertz CT molecular complexity index is 652. The molecule has 1 N–H and O–H groups in total. The van der Waals surface area contributed by atoms with Gasteiger partial charge in [0.05, 0.1) is 11.8 Å². The standard InChI is InChI=1S/C16H22BrN3O2/c1-4-13-15(16(21)18-8-5-9-22-11(2)3)20-10-12(17)6-7-14(20)19-13/h6-7,10-11H,4-5,8-9H2,1-3H3,(H,18,21). The number of pyridine rings is 1. The summed E-state index contributed by atoms with van der Waals surface area (Å²) in [6.45, 7) is 7.25. The minimum atomic E-state index is -0.0907. The van der Waals surface area contributed by atoms with Crippen molar-refractivity contribution < 1.29 is 9.53 Å². The summed E-state index contributed by atoms with van der Waals surface area (Å²) in [4.78, 5) is 17.0. The molecule has 0 aliphatic rings. The highest BCUT2D eigenvalue weighted by Crippen LogP contribution is 2.17. The van der Waals surface area contributed by atoms with Gasteiger partial charge in [0, 0.05) is 23.8 Å². The quantitative estimate of drug-likeness (QED) is 0.764. The number of ether oxygens (including phenoxy) is 1. The number of halogens is 1. The molecule has 0 aliphatic carbocycles. The summed E-state index contributed by atoms with van der Waals surface area (Å²) in [5.41, 5.74) is 2.21. The van der Waals surface area contributed by atoms with E-state index in [0.29, 0.717) is 18.8 Å². The third-order valence-corrected chi connectivity index (χ3v) is 3.73. The Morgan fingerprint density at radius 1 is 1.45 bits per heavy atom. The Morgan fingerprint density at radius 3 is 2.91 bits per heavy atom. The average molecular weight is 368 g/mol. The van der Waals surface area contributed by atoms with E-state index in [-0.39, 0.29) is 12.0 Å². The normalized spacial score (nSPS) is 11.3. The van der Waals surface area contributed by atoms with E-state index in [1.807, 2.05) is 43.5 Å². The molecule has 2 heterocycles. The lowest BCUT2D eigenvalue weighted by atomic mass is 10.2. The minimum Gasteiger partial charge on any atom is -0.379 e. The first kappa shape index (κ1) is 17.0. The molecule has 5 nitrogen and oxygen atoms in total. The van der Waals surface area contributed by atoms with Crippen molar-refractivity contribution in [3.63, 3.8) is 0 Å². The second-order valence-electron chi connectivity index (χ2n) is 5.37. The van der Waals surface area contributed by atoms with E-state index in [4.69, 9.17) is 4.74 Å². The average Bonchev–Trinajstić information content (AvgIpc) is 2.84. The van der Waals surface area contributed by atoms with Gasteiger partial charge in [0.15, 0.2) is 0 Å². The van der Waals surface area contributed by atoms with E-state index < -0.39 is 0 Å². The second kappa shape index (κ2) is 7.74. The number of nitrogens with one attached hydrogen (secondary N) is 1. The molecule has 0 saturated heterocycles. The molecule has 2 aromatic heterocycles. The number of aryl methyl sites for hydroxylation is 1. The van der Waals surface area contributed by atoms with Crippen molar-refractivity contribution in [1.82, 2.24) is 14.7 Å². The molecule has 6 heteroatoms. The number of carbonyl (C=O) groups is 1. The molecule has 0 fully saturated rings. The van der Waals surface area contributed by atoms with E-state index in [1.54, 1.807) is 0 Å². The van der Waals surface area contributed by atoms with Crippen molar-refractivity contribution in [2.24, 2.45) is 0 Å². The number of hydrogen-bond acceptors (Lipinski definition) is 3. The van der Waals surface area contributed by atoms with Crippen molar-refractivity contribution in [2.75, 3.05) is 13.2 Å². The van der Waals surface area contributed by atoms with E-state index in [0.717, 1.165) is 28.7 Å². The fraction of sp³-hybridized carbons (Fsp3) is 0.500. The minimum absolute atomic E-state index is 0.0907. The van der Waals surface area contributed by atoms with Crippen LogP contribution in [0.25, 0.3) is 5.65 Å². The molecular weight excluding hydrogens is 346 g/mol. The van der Waals surface area contributed by atoms with Gasteiger partial charge in [-0.1, -0.05) is 6.92 Å². The number of imidazole rings is 1. The molecular formula is C16H22BrN3O2. The largest absolute Gasteiger partial charge is 0.379 e. The molecule has 0 unspecified atom stereocenters. The van der Waals surface area contributed by atoms with E-state index in [1.165, 1.54) is 0 Å². The van der Waals surface area contributed by atoms with Crippen LogP contribution in [0.2, 0.25) is 0 Å². The SMILES string of the molecule is CCc1nc2ccc(Br)cn2c1C(=O)NCCCOC(C)C. The molecule has 2 aromatic rings. The van der Waals surface area contributed by atoms with Crippen molar-refractivity contribution >= 4 is 27.5 Å². The molecule has 2 rings (SSSR count). The Kier molecular flexibility index (Phi) is 5.97. The van der Waals surface area contributed by atoms with Crippen LogP contribution in [-0.4, -0.2) is 34.5 Å². The van der Waals surface area contributed by atoms with Crippen molar-refractivity contribution in [1.29, 1.82) is 0 Å². The fourth-order valence-electron chi connectivity index (χ4n) is 2.23. The third-order valence-electron chi connectivity index (χ3n) is 3.26. The van der Waals surface area contributed by atoms with Crippen LogP contribution in [0.5, 0.6) is 0 Å². The first-order valence-corrected chi connectivity index (χ1v) is 8.38. The van der Waals surface area contributed by atoms with E-state index >= 15 is 0 Å². The summed E-state index contributed by atoms with van der Waals surface area (Å²) >= 11 is 3.44. The fourth-order valence-corrected chi connectivity index (χ4v) is 2.57. The third kappa shape index (κ3) is 4.08. The summed E-state index contributed by atoms with van der Waals surface area (Å²) in [5, 5.41) is 2.95. The molecule has 1 amide bonds. The Labute approximate surface area is 139 Å².